The molecule has 4 rings (SSSR count). The monoisotopic (exact) mass is 436 g/mol. The van der Waals surface area contributed by atoms with Crippen LogP contribution in [0.25, 0.3) is 0 Å². The van der Waals surface area contributed by atoms with Crippen LogP contribution in [0.1, 0.15) is 18.1 Å². The zero-order valence-corrected chi connectivity index (χ0v) is 17.3. The number of H-pyrrole nitrogens is 1. The normalized spacial score (nSPS) is 21.4. The van der Waals surface area contributed by atoms with Gasteiger partial charge in [-0.05, 0) is 55.9 Å². The van der Waals surface area contributed by atoms with Gasteiger partial charge in [0.25, 0.3) is 5.88 Å². The van der Waals surface area contributed by atoms with E-state index in [1.807, 2.05) is 19.9 Å². The molecule has 2 atom stereocenters. The van der Waals surface area contributed by atoms with Crippen LogP contribution in [0.4, 0.5) is 4.39 Å². The molecule has 1 aliphatic rings. The predicted octanol–water partition coefficient (Wildman–Crippen LogP) is 4.52. The highest BCUT2D eigenvalue weighted by Crippen LogP contribution is 2.39. The van der Waals surface area contributed by atoms with Gasteiger partial charge in [0.2, 0.25) is 10.6 Å². The minimum Gasteiger partial charge on any atom is -0.436 e. The minimum absolute atomic E-state index is 0.0882. The van der Waals surface area contributed by atoms with Crippen LogP contribution in [0, 0.1) is 17.5 Å². The van der Waals surface area contributed by atoms with Gasteiger partial charge in [0.15, 0.2) is 5.82 Å². The molecule has 0 amide bonds. The van der Waals surface area contributed by atoms with E-state index >= 15 is 0 Å². The Hall–Kier alpha value is -2.33. The molecule has 1 aliphatic heterocycles. The molecule has 1 aromatic carbocycles. The van der Waals surface area contributed by atoms with Gasteiger partial charge in [0.1, 0.15) is 18.6 Å². The van der Waals surface area contributed by atoms with Gasteiger partial charge in [0, 0.05) is 11.8 Å². The van der Waals surface area contributed by atoms with E-state index in [1.54, 1.807) is 16.8 Å². The second-order valence-electron chi connectivity index (χ2n) is 6.77. The minimum atomic E-state index is -1.03. The Morgan fingerprint density at radius 1 is 1.41 bits per heavy atom. The molecule has 2 unspecified atom stereocenters. The van der Waals surface area contributed by atoms with Gasteiger partial charge in [0.05, 0.1) is 17.7 Å². The molecule has 3 aromatic rings. The molecule has 0 aliphatic carbocycles. The van der Waals surface area contributed by atoms with E-state index in [4.69, 9.17) is 38.0 Å². The SMILES string of the molecule is Cc1cc(Oc2ncc(Cl)cc2F)ccc1C1(Cn2[nH]cnc2=S)OCC(C)O1. The van der Waals surface area contributed by atoms with E-state index in [1.165, 1.54) is 12.5 Å². The Bertz CT molecular complexity index is 1110. The van der Waals surface area contributed by atoms with Gasteiger partial charge in [-0.15, -0.1) is 0 Å². The second kappa shape index (κ2) is 7.83. The lowest BCUT2D eigenvalue weighted by Gasteiger charge is -2.30. The predicted molar refractivity (Wildman–Crippen MR) is 106 cm³/mol. The number of hydrogen-bond donors (Lipinski definition) is 1. The average molecular weight is 437 g/mol. The van der Waals surface area contributed by atoms with Crippen LogP contribution in [0.2, 0.25) is 5.02 Å². The summed E-state index contributed by atoms with van der Waals surface area (Å²) in [5.41, 5.74) is 1.66. The second-order valence-corrected chi connectivity index (χ2v) is 7.57. The summed E-state index contributed by atoms with van der Waals surface area (Å²) in [5, 5.41) is 3.17. The Labute approximate surface area is 176 Å². The summed E-state index contributed by atoms with van der Waals surface area (Å²) < 4.78 is 33.9. The van der Waals surface area contributed by atoms with Crippen LogP contribution in [0.15, 0.2) is 36.8 Å². The fourth-order valence-electron chi connectivity index (χ4n) is 3.27. The molecule has 29 heavy (non-hydrogen) atoms. The fraction of sp³-hybridized carbons (Fsp3) is 0.316. The topological polar surface area (TPSA) is 74.2 Å². The van der Waals surface area contributed by atoms with Crippen LogP contribution in [-0.2, 0) is 21.8 Å². The summed E-state index contributed by atoms with van der Waals surface area (Å²) >= 11 is 11.0. The number of benzene rings is 1. The zero-order chi connectivity index (χ0) is 20.6. The number of pyridine rings is 1. The maximum atomic E-state index is 14.0. The first-order valence-electron chi connectivity index (χ1n) is 8.88. The molecule has 7 nitrogen and oxygen atoms in total. The highest BCUT2D eigenvalue weighted by Gasteiger charge is 2.43. The lowest BCUT2D eigenvalue weighted by Crippen LogP contribution is -2.34. The van der Waals surface area contributed by atoms with Crippen molar-refractivity contribution < 1.29 is 18.6 Å². The summed E-state index contributed by atoms with van der Waals surface area (Å²) in [6.07, 6.45) is 2.76. The maximum Gasteiger partial charge on any atom is 0.255 e. The molecule has 0 saturated carbocycles. The van der Waals surface area contributed by atoms with Crippen molar-refractivity contribution in [1.82, 2.24) is 19.7 Å². The fourth-order valence-corrected chi connectivity index (χ4v) is 3.58. The molecule has 0 bridgehead atoms. The zero-order valence-electron chi connectivity index (χ0n) is 15.7. The van der Waals surface area contributed by atoms with Crippen molar-refractivity contribution in [2.24, 2.45) is 0 Å². The number of rotatable bonds is 5. The first kappa shape index (κ1) is 20.0. The number of ether oxygens (including phenoxy) is 3. The third-order valence-corrected chi connectivity index (χ3v) is 5.06. The van der Waals surface area contributed by atoms with E-state index < -0.39 is 11.6 Å². The van der Waals surface area contributed by atoms with Gasteiger partial charge < -0.3 is 14.2 Å². The van der Waals surface area contributed by atoms with Crippen molar-refractivity contribution in [3.63, 3.8) is 0 Å². The van der Waals surface area contributed by atoms with Crippen molar-refractivity contribution in [2.75, 3.05) is 6.61 Å². The summed E-state index contributed by atoms with van der Waals surface area (Å²) in [6.45, 7) is 4.59. The van der Waals surface area contributed by atoms with Crippen LogP contribution in [-0.4, -0.2) is 32.5 Å². The number of nitrogens with one attached hydrogen (secondary N) is 1. The molecule has 10 heteroatoms. The quantitative estimate of drug-likeness (QED) is 0.593. The molecule has 1 fully saturated rings. The molecule has 1 N–H and O–H groups in total. The molecule has 0 spiro atoms. The lowest BCUT2D eigenvalue weighted by molar-refractivity contribution is -0.187. The molecule has 3 heterocycles. The largest absolute Gasteiger partial charge is 0.436 e. The van der Waals surface area contributed by atoms with Crippen LogP contribution in [0.3, 0.4) is 0 Å². The standard InChI is InChI=1S/C19H18ClFN4O3S/c1-11-5-14(27-17-16(21)6-13(20)7-22-17)3-4-15(11)19(26-8-12(2)28-19)9-25-18(29)23-10-24-25/h3-7,10,12H,8-9H2,1-2H3,(H,23,24,29). The summed E-state index contributed by atoms with van der Waals surface area (Å²) in [4.78, 5) is 7.92. The Kier molecular flexibility index (Phi) is 5.39. The van der Waals surface area contributed by atoms with E-state index in [-0.39, 0.29) is 17.0 Å². The van der Waals surface area contributed by atoms with E-state index in [0.717, 1.165) is 17.2 Å². The maximum absolute atomic E-state index is 14.0. The van der Waals surface area contributed by atoms with Gasteiger partial charge in [-0.25, -0.2) is 14.4 Å². The third kappa shape index (κ3) is 4.04. The Balaban J connectivity index is 1.66. The first-order valence-corrected chi connectivity index (χ1v) is 9.67. The van der Waals surface area contributed by atoms with Crippen molar-refractivity contribution >= 4 is 23.8 Å². The van der Waals surface area contributed by atoms with Gasteiger partial charge in [-0.2, -0.15) is 0 Å². The molecule has 1 saturated heterocycles. The number of aromatic nitrogens is 4. The van der Waals surface area contributed by atoms with Gasteiger partial charge in [-0.3, -0.25) is 9.78 Å². The Morgan fingerprint density at radius 3 is 2.86 bits per heavy atom. The summed E-state index contributed by atoms with van der Waals surface area (Å²) in [6, 6.07) is 6.46. The Morgan fingerprint density at radius 2 is 2.24 bits per heavy atom. The molecule has 0 radical (unpaired) electrons. The number of hydrogen-bond acceptors (Lipinski definition) is 6. The van der Waals surface area contributed by atoms with Crippen molar-refractivity contribution in [2.45, 2.75) is 32.3 Å². The number of halogens is 2. The van der Waals surface area contributed by atoms with Crippen LogP contribution < -0.4 is 4.74 Å². The van der Waals surface area contributed by atoms with Crippen LogP contribution in [0.5, 0.6) is 11.6 Å². The van der Waals surface area contributed by atoms with Gasteiger partial charge in [-0.1, -0.05) is 11.6 Å². The summed E-state index contributed by atoms with van der Waals surface area (Å²) in [5.74, 6) is -1.39. The first-order chi connectivity index (χ1) is 13.9. The van der Waals surface area contributed by atoms with E-state index in [9.17, 15) is 4.39 Å². The highest BCUT2D eigenvalue weighted by molar-refractivity contribution is 7.71. The van der Waals surface area contributed by atoms with Crippen molar-refractivity contribution in [3.8, 4) is 11.6 Å². The van der Waals surface area contributed by atoms with Gasteiger partial charge >= 0.3 is 0 Å². The molecule has 2 aromatic heterocycles. The van der Waals surface area contributed by atoms with E-state index in [2.05, 4.69) is 15.1 Å². The van der Waals surface area contributed by atoms with Crippen molar-refractivity contribution in [3.05, 3.63) is 63.5 Å². The smallest absolute Gasteiger partial charge is 0.255 e. The average Bonchev–Trinajstić information content (AvgIpc) is 3.24. The number of aromatic amines is 1. The summed E-state index contributed by atoms with van der Waals surface area (Å²) in [7, 11) is 0. The highest BCUT2D eigenvalue weighted by atomic mass is 35.5. The van der Waals surface area contributed by atoms with Crippen LogP contribution >= 0.6 is 23.8 Å². The number of nitrogens with zero attached hydrogens (tertiary/aromatic N) is 3. The lowest BCUT2D eigenvalue weighted by atomic mass is 9.99. The molecular formula is C19H18ClFN4O3S. The van der Waals surface area contributed by atoms with Crippen molar-refractivity contribution in [1.29, 1.82) is 0 Å². The molecule has 152 valence electrons. The van der Waals surface area contributed by atoms with E-state index in [0.29, 0.717) is 23.7 Å². The third-order valence-electron chi connectivity index (χ3n) is 4.53. The number of aryl methyl sites for hydroxylation is 1. The molecular weight excluding hydrogens is 419 g/mol.